The molecule has 1 aromatic carbocycles. The van der Waals surface area contributed by atoms with E-state index < -0.39 is 4.84 Å². The standard InChI is InChI=1S/C13H18Cl2/c1-4-9-7-10(5-2)12(13(14)15)11(6-3)8-9/h7-8,13H,4-6H2,1-3H3. The fourth-order valence-corrected chi connectivity index (χ4v) is 2.48. The first-order valence-electron chi connectivity index (χ1n) is 5.56. The average Bonchev–Trinajstić information content (AvgIpc) is 2.26. The Balaban J connectivity index is 3.32. The molecule has 0 bridgehead atoms. The number of benzene rings is 1. The maximum absolute atomic E-state index is 6.03. The monoisotopic (exact) mass is 244 g/mol. The predicted molar refractivity (Wildman–Crippen MR) is 69.0 cm³/mol. The predicted octanol–water partition coefficient (Wildman–Crippen LogP) is 4.85. The van der Waals surface area contributed by atoms with E-state index in [1.165, 1.54) is 16.7 Å². The molecule has 84 valence electrons. The highest BCUT2D eigenvalue weighted by Gasteiger charge is 2.14. The lowest BCUT2D eigenvalue weighted by Crippen LogP contribution is -2.00. The molecule has 0 N–H and O–H groups in total. The van der Waals surface area contributed by atoms with Crippen LogP contribution in [-0.4, -0.2) is 0 Å². The highest BCUT2D eigenvalue weighted by Crippen LogP contribution is 2.32. The topological polar surface area (TPSA) is 0 Å². The highest BCUT2D eigenvalue weighted by atomic mass is 35.5. The van der Waals surface area contributed by atoms with Gasteiger partial charge < -0.3 is 0 Å². The first-order chi connectivity index (χ1) is 7.13. The molecular weight excluding hydrogens is 227 g/mol. The highest BCUT2D eigenvalue weighted by molar-refractivity contribution is 6.44. The van der Waals surface area contributed by atoms with Gasteiger partial charge in [0, 0.05) is 0 Å². The Hall–Kier alpha value is -0.200. The van der Waals surface area contributed by atoms with Gasteiger partial charge in [0.15, 0.2) is 0 Å². The zero-order valence-corrected chi connectivity index (χ0v) is 11.1. The lowest BCUT2D eigenvalue weighted by Gasteiger charge is -2.16. The Labute approximate surface area is 103 Å². The summed E-state index contributed by atoms with van der Waals surface area (Å²) in [7, 11) is 0. The third-order valence-electron chi connectivity index (χ3n) is 2.80. The molecule has 0 saturated heterocycles. The largest absolute Gasteiger partial charge is 0.133 e. The molecule has 0 aromatic heterocycles. The number of hydrogen-bond donors (Lipinski definition) is 0. The molecule has 15 heavy (non-hydrogen) atoms. The molecule has 0 unspecified atom stereocenters. The van der Waals surface area contributed by atoms with Crippen LogP contribution in [-0.2, 0) is 19.3 Å². The van der Waals surface area contributed by atoms with Crippen LogP contribution in [0.2, 0.25) is 0 Å². The van der Waals surface area contributed by atoms with E-state index in [2.05, 4.69) is 32.9 Å². The summed E-state index contributed by atoms with van der Waals surface area (Å²) in [5.41, 5.74) is 5.09. The summed E-state index contributed by atoms with van der Waals surface area (Å²) in [6.45, 7) is 6.47. The Morgan fingerprint density at radius 3 is 1.67 bits per heavy atom. The summed E-state index contributed by atoms with van der Waals surface area (Å²) in [5, 5.41) is 0. The molecule has 0 spiro atoms. The van der Waals surface area contributed by atoms with E-state index in [0.29, 0.717) is 0 Å². The first-order valence-corrected chi connectivity index (χ1v) is 6.43. The molecule has 0 nitrogen and oxygen atoms in total. The van der Waals surface area contributed by atoms with Crippen molar-refractivity contribution in [1.82, 2.24) is 0 Å². The van der Waals surface area contributed by atoms with Crippen molar-refractivity contribution in [3.05, 3.63) is 34.4 Å². The molecule has 2 heteroatoms. The summed E-state index contributed by atoms with van der Waals surface area (Å²) in [5.74, 6) is 0. The van der Waals surface area contributed by atoms with Gasteiger partial charge in [-0.3, -0.25) is 0 Å². The van der Waals surface area contributed by atoms with Gasteiger partial charge in [0.25, 0.3) is 0 Å². The number of halogens is 2. The van der Waals surface area contributed by atoms with Gasteiger partial charge >= 0.3 is 0 Å². The Kier molecular flexibility index (Phi) is 4.95. The van der Waals surface area contributed by atoms with Crippen molar-refractivity contribution in [2.45, 2.75) is 44.9 Å². The van der Waals surface area contributed by atoms with Crippen molar-refractivity contribution in [2.24, 2.45) is 0 Å². The molecule has 0 heterocycles. The maximum atomic E-state index is 6.03. The van der Waals surface area contributed by atoms with Crippen molar-refractivity contribution in [3.8, 4) is 0 Å². The van der Waals surface area contributed by atoms with Gasteiger partial charge in [-0.05, 0) is 41.5 Å². The molecule has 0 amide bonds. The van der Waals surface area contributed by atoms with Crippen LogP contribution < -0.4 is 0 Å². The normalized spacial score (nSPS) is 11.1. The van der Waals surface area contributed by atoms with E-state index >= 15 is 0 Å². The summed E-state index contributed by atoms with van der Waals surface area (Å²) < 4.78 is 0. The van der Waals surface area contributed by atoms with Gasteiger partial charge in [-0.2, -0.15) is 0 Å². The van der Waals surface area contributed by atoms with Crippen molar-refractivity contribution in [1.29, 1.82) is 0 Å². The van der Waals surface area contributed by atoms with E-state index in [1.54, 1.807) is 0 Å². The van der Waals surface area contributed by atoms with E-state index in [4.69, 9.17) is 23.2 Å². The maximum Gasteiger partial charge on any atom is 0.133 e. The van der Waals surface area contributed by atoms with Crippen molar-refractivity contribution < 1.29 is 0 Å². The zero-order chi connectivity index (χ0) is 11.4. The van der Waals surface area contributed by atoms with Gasteiger partial charge in [0.1, 0.15) is 4.84 Å². The van der Waals surface area contributed by atoms with Crippen molar-refractivity contribution >= 4 is 23.2 Å². The van der Waals surface area contributed by atoms with Gasteiger partial charge in [-0.15, -0.1) is 23.2 Å². The first kappa shape index (κ1) is 12.9. The summed E-state index contributed by atoms with van der Waals surface area (Å²) in [4.78, 5) is -0.402. The number of hydrogen-bond acceptors (Lipinski definition) is 0. The van der Waals surface area contributed by atoms with Crippen molar-refractivity contribution in [3.63, 3.8) is 0 Å². The van der Waals surface area contributed by atoms with Crippen LogP contribution in [0.1, 0.15) is 47.9 Å². The van der Waals surface area contributed by atoms with Crippen LogP contribution >= 0.6 is 23.2 Å². The Morgan fingerprint density at radius 1 is 0.933 bits per heavy atom. The van der Waals surface area contributed by atoms with Gasteiger partial charge in [0.2, 0.25) is 0 Å². The lowest BCUT2D eigenvalue weighted by atomic mass is 9.94. The summed E-state index contributed by atoms with van der Waals surface area (Å²) in [6.07, 6.45) is 3.05. The quantitative estimate of drug-likeness (QED) is 0.665. The molecule has 0 fully saturated rings. The van der Waals surface area contributed by atoms with Crippen LogP contribution in [0, 0.1) is 0 Å². The van der Waals surface area contributed by atoms with Crippen LogP contribution in [0.25, 0.3) is 0 Å². The number of aryl methyl sites for hydroxylation is 3. The van der Waals surface area contributed by atoms with Crippen molar-refractivity contribution in [2.75, 3.05) is 0 Å². The van der Waals surface area contributed by atoms with Crippen LogP contribution in [0.3, 0.4) is 0 Å². The van der Waals surface area contributed by atoms with Gasteiger partial charge in [0.05, 0.1) is 0 Å². The number of alkyl halides is 2. The molecule has 0 atom stereocenters. The fourth-order valence-electron chi connectivity index (χ4n) is 1.92. The molecular formula is C13H18Cl2. The molecule has 0 saturated carbocycles. The second-order valence-electron chi connectivity index (χ2n) is 3.69. The molecule has 0 aliphatic carbocycles. The van der Waals surface area contributed by atoms with Gasteiger partial charge in [-0.1, -0.05) is 32.9 Å². The second-order valence-corrected chi connectivity index (χ2v) is 4.79. The van der Waals surface area contributed by atoms with Crippen LogP contribution in [0.5, 0.6) is 0 Å². The van der Waals surface area contributed by atoms with Crippen LogP contribution in [0.15, 0.2) is 12.1 Å². The fraction of sp³-hybridized carbons (Fsp3) is 0.538. The summed E-state index contributed by atoms with van der Waals surface area (Å²) in [6, 6.07) is 4.46. The third kappa shape index (κ3) is 2.89. The minimum atomic E-state index is -0.402. The van der Waals surface area contributed by atoms with E-state index in [1.807, 2.05) is 0 Å². The van der Waals surface area contributed by atoms with E-state index in [-0.39, 0.29) is 0 Å². The minimum Gasteiger partial charge on any atom is -0.100 e. The van der Waals surface area contributed by atoms with Crippen LogP contribution in [0.4, 0.5) is 0 Å². The average molecular weight is 245 g/mol. The number of rotatable bonds is 4. The molecule has 1 rings (SSSR count). The molecule has 0 aliphatic rings. The Morgan fingerprint density at radius 2 is 1.40 bits per heavy atom. The second kappa shape index (κ2) is 5.77. The zero-order valence-electron chi connectivity index (χ0n) is 9.61. The van der Waals surface area contributed by atoms with E-state index in [0.717, 1.165) is 24.8 Å². The smallest absolute Gasteiger partial charge is 0.100 e. The SMILES string of the molecule is CCc1cc(CC)c(C(Cl)Cl)c(CC)c1. The van der Waals surface area contributed by atoms with E-state index in [9.17, 15) is 0 Å². The molecule has 0 aliphatic heterocycles. The summed E-state index contributed by atoms with van der Waals surface area (Å²) >= 11 is 12.1. The Bertz CT molecular complexity index is 304. The molecule has 0 radical (unpaired) electrons. The van der Waals surface area contributed by atoms with Gasteiger partial charge in [-0.25, -0.2) is 0 Å². The minimum absolute atomic E-state index is 0.402. The lowest BCUT2D eigenvalue weighted by molar-refractivity contribution is 0.998. The third-order valence-corrected chi connectivity index (χ3v) is 3.24. The molecule has 1 aromatic rings.